The first kappa shape index (κ1) is 21.8. The molecule has 1 aliphatic rings. The highest BCUT2D eigenvalue weighted by Crippen LogP contribution is 2.27. The molecule has 3 heterocycles. The van der Waals surface area contributed by atoms with Crippen molar-refractivity contribution in [2.75, 3.05) is 26.2 Å². The summed E-state index contributed by atoms with van der Waals surface area (Å²) >= 11 is 0. The van der Waals surface area contributed by atoms with Crippen molar-refractivity contribution in [3.05, 3.63) is 57.0 Å². The summed E-state index contributed by atoms with van der Waals surface area (Å²) in [6, 6.07) is 6.32. The van der Waals surface area contributed by atoms with E-state index in [0.717, 1.165) is 4.57 Å². The van der Waals surface area contributed by atoms with E-state index in [1.807, 2.05) is 0 Å². The number of aromatic nitrogens is 4. The smallest absolute Gasteiger partial charge is 0.332 e. The second kappa shape index (κ2) is 8.60. The van der Waals surface area contributed by atoms with E-state index in [2.05, 4.69) is 4.98 Å². The van der Waals surface area contributed by atoms with Gasteiger partial charge in [-0.15, -0.1) is 0 Å². The lowest BCUT2D eigenvalue weighted by atomic mass is 10.2. The van der Waals surface area contributed by atoms with Crippen molar-refractivity contribution < 1.29 is 14.6 Å². The minimum absolute atomic E-state index is 0.111. The summed E-state index contributed by atoms with van der Waals surface area (Å²) in [6.45, 7) is 1.30. The third-order valence-corrected chi connectivity index (χ3v) is 5.77. The molecular weight excluding hydrogens is 416 g/mol. The number of nitrogens with zero attached hydrogens (tertiary/aromatic N) is 5. The van der Waals surface area contributed by atoms with E-state index < -0.39 is 23.4 Å². The molecule has 0 saturated carbocycles. The first-order chi connectivity index (χ1) is 15.3. The number of ether oxygens (including phenoxy) is 1. The number of aliphatic hydroxyl groups excluding tert-OH is 1. The first-order valence-electron chi connectivity index (χ1n) is 10.4. The SMILES string of the molecule is Cn1c(=O)c2ncn([C@@H]3CN(C(=O)c4cccc(OCCCN)c4)C[C@H]3O)c2n(C)c1=O. The van der Waals surface area contributed by atoms with E-state index in [1.54, 1.807) is 40.8 Å². The van der Waals surface area contributed by atoms with Crippen molar-refractivity contribution in [2.24, 2.45) is 19.8 Å². The first-order valence-corrected chi connectivity index (χ1v) is 10.4. The summed E-state index contributed by atoms with van der Waals surface area (Å²) in [6.07, 6.45) is 1.25. The highest BCUT2D eigenvalue weighted by Gasteiger charge is 2.37. The number of carbonyl (C=O) groups excluding carboxylic acids is 1. The normalized spacial score (nSPS) is 18.4. The Labute approximate surface area is 183 Å². The standard InChI is InChI=1S/C21H26N6O5/c1-24-18-17(20(30)25(2)21(24)31)23-12-27(18)15-10-26(11-16(15)28)19(29)13-5-3-6-14(9-13)32-8-4-7-22/h3,5-6,9,12,15-16,28H,4,7-8,10-11,22H2,1-2H3/t15-,16-/m1/s1. The lowest BCUT2D eigenvalue weighted by molar-refractivity contribution is 0.0764. The number of hydrogen-bond acceptors (Lipinski definition) is 7. The summed E-state index contributed by atoms with van der Waals surface area (Å²) in [4.78, 5) is 43.6. The quantitative estimate of drug-likeness (QED) is 0.478. The van der Waals surface area contributed by atoms with E-state index in [0.29, 0.717) is 36.5 Å². The Kier molecular flexibility index (Phi) is 5.85. The third-order valence-electron chi connectivity index (χ3n) is 5.77. The van der Waals surface area contributed by atoms with Crippen LogP contribution in [0.4, 0.5) is 0 Å². The zero-order chi connectivity index (χ0) is 23.0. The van der Waals surface area contributed by atoms with Gasteiger partial charge in [-0.05, 0) is 31.2 Å². The molecule has 1 aromatic carbocycles. The van der Waals surface area contributed by atoms with Gasteiger partial charge in [0.25, 0.3) is 11.5 Å². The van der Waals surface area contributed by atoms with E-state index in [4.69, 9.17) is 10.5 Å². The molecule has 1 saturated heterocycles. The Morgan fingerprint density at radius 3 is 2.78 bits per heavy atom. The number of fused-ring (bicyclic) bond motifs is 1. The van der Waals surface area contributed by atoms with Gasteiger partial charge in [-0.2, -0.15) is 0 Å². The minimum atomic E-state index is -0.889. The molecule has 0 bridgehead atoms. The Bertz CT molecular complexity index is 1280. The number of benzene rings is 1. The summed E-state index contributed by atoms with van der Waals surface area (Å²) < 4.78 is 9.53. The Hall–Kier alpha value is -3.44. The van der Waals surface area contributed by atoms with Crippen LogP contribution in [0, 0.1) is 0 Å². The van der Waals surface area contributed by atoms with Gasteiger partial charge in [0.1, 0.15) is 11.4 Å². The minimum Gasteiger partial charge on any atom is -0.494 e. The highest BCUT2D eigenvalue weighted by molar-refractivity contribution is 5.94. The maximum absolute atomic E-state index is 13.1. The van der Waals surface area contributed by atoms with Crippen LogP contribution in [0.1, 0.15) is 22.8 Å². The molecule has 170 valence electrons. The van der Waals surface area contributed by atoms with Crippen molar-refractivity contribution in [3.8, 4) is 5.75 Å². The van der Waals surface area contributed by atoms with Crippen molar-refractivity contribution in [3.63, 3.8) is 0 Å². The lowest BCUT2D eigenvalue weighted by Gasteiger charge is -2.18. The number of aryl methyl sites for hydroxylation is 1. The number of imidazole rings is 1. The van der Waals surface area contributed by atoms with Gasteiger partial charge in [-0.3, -0.25) is 18.7 Å². The van der Waals surface area contributed by atoms with Crippen molar-refractivity contribution in [2.45, 2.75) is 18.6 Å². The number of aliphatic hydroxyl groups is 1. The molecule has 0 spiro atoms. The maximum Gasteiger partial charge on any atom is 0.332 e. The van der Waals surface area contributed by atoms with Crippen LogP contribution in [0.3, 0.4) is 0 Å². The van der Waals surface area contributed by atoms with Gasteiger partial charge in [0.15, 0.2) is 5.52 Å². The number of amides is 1. The third kappa shape index (κ3) is 3.69. The molecule has 0 radical (unpaired) electrons. The van der Waals surface area contributed by atoms with Gasteiger partial charge in [-0.25, -0.2) is 9.78 Å². The number of nitrogens with two attached hydrogens (primary N) is 1. The number of carbonyl (C=O) groups is 1. The van der Waals surface area contributed by atoms with Crippen LogP contribution in [0.25, 0.3) is 11.2 Å². The average molecular weight is 442 g/mol. The van der Waals surface area contributed by atoms with Crippen LogP contribution in [0.15, 0.2) is 40.2 Å². The summed E-state index contributed by atoms with van der Waals surface area (Å²) in [5.74, 6) is 0.331. The molecule has 11 heteroatoms. The number of likely N-dealkylation sites (tertiary alicyclic amines) is 1. The van der Waals surface area contributed by atoms with Crippen LogP contribution in [-0.2, 0) is 14.1 Å². The summed E-state index contributed by atoms with van der Waals surface area (Å²) in [7, 11) is 2.94. The highest BCUT2D eigenvalue weighted by atomic mass is 16.5. The number of β-amino-alcohol motifs (C(OH)–C–C–N with tert-alkyl or cyclic N) is 1. The Morgan fingerprint density at radius 2 is 2.03 bits per heavy atom. The molecule has 1 amide bonds. The van der Waals surface area contributed by atoms with Crippen LogP contribution < -0.4 is 21.7 Å². The summed E-state index contributed by atoms with van der Waals surface area (Å²) in [5, 5.41) is 10.7. The molecule has 11 nitrogen and oxygen atoms in total. The largest absolute Gasteiger partial charge is 0.494 e. The average Bonchev–Trinajstić information content (AvgIpc) is 3.40. The molecule has 32 heavy (non-hydrogen) atoms. The monoisotopic (exact) mass is 442 g/mol. The predicted octanol–water partition coefficient (Wildman–Crippen LogP) is -0.781. The van der Waals surface area contributed by atoms with Gasteiger partial charge >= 0.3 is 5.69 Å². The molecule has 1 aliphatic heterocycles. The van der Waals surface area contributed by atoms with E-state index in [1.165, 1.54) is 17.9 Å². The number of hydrogen-bond donors (Lipinski definition) is 2. The predicted molar refractivity (Wildman–Crippen MR) is 117 cm³/mol. The van der Waals surface area contributed by atoms with Gasteiger partial charge < -0.3 is 25.0 Å². The second-order valence-corrected chi connectivity index (χ2v) is 7.89. The molecule has 2 aromatic heterocycles. The maximum atomic E-state index is 13.1. The van der Waals surface area contributed by atoms with Crippen molar-refractivity contribution >= 4 is 17.1 Å². The van der Waals surface area contributed by atoms with Gasteiger partial charge in [0, 0.05) is 32.7 Å². The lowest BCUT2D eigenvalue weighted by Crippen LogP contribution is -2.38. The fourth-order valence-electron chi connectivity index (χ4n) is 4.03. The van der Waals surface area contributed by atoms with E-state index >= 15 is 0 Å². The molecule has 3 aromatic rings. The summed E-state index contributed by atoms with van der Waals surface area (Å²) in [5.41, 5.74) is 5.37. The van der Waals surface area contributed by atoms with Crippen molar-refractivity contribution in [1.29, 1.82) is 0 Å². The molecule has 0 unspecified atom stereocenters. The molecular formula is C21H26N6O5. The second-order valence-electron chi connectivity index (χ2n) is 7.89. The molecule has 1 fully saturated rings. The van der Waals surface area contributed by atoms with E-state index in [-0.39, 0.29) is 24.5 Å². The fraction of sp³-hybridized carbons (Fsp3) is 0.429. The number of rotatable bonds is 6. The zero-order valence-corrected chi connectivity index (χ0v) is 18.0. The molecule has 3 N–H and O–H groups in total. The fourth-order valence-corrected chi connectivity index (χ4v) is 4.03. The van der Waals surface area contributed by atoms with Crippen LogP contribution in [0.2, 0.25) is 0 Å². The van der Waals surface area contributed by atoms with Crippen LogP contribution in [-0.4, -0.2) is 66.9 Å². The molecule has 0 aliphatic carbocycles. The van der Waals surface area contributed by atoms with Gasteiger partial charge in [-0.1, -0.05) is 6.07 Å². The van der Waals surface area contributed by atoms with Gasteiger partial charge in [0.2, 0.25) is 0 Å². The topological polar surface area (TPSA) is 138 Å². The Balaban J connectivity index is 1.60. The Morgan fingerprint density at radius 1 is 1.25 bits per heavy atom. The molecule has 2 atom stereocenters. The van der Waals surface area contributed by atoms with Gasteiger partial charge in [0.05, 0.1) is 25.1 Å². The van der Waals surface area contributed by atoms with E-state index in [9.17, 15) is 19.5 Å². The van der Waals surface area contributed by atoms with Crippen molar-refractivity contribution in [1.82, 2.24) is 23.6 Å². The van der Waals surface area contributed by atoms with Crippen LogP contribution >= 0.6 is 0 Å². The zero-order valence-electron chi connectivity index (χ0n) is 18.0. The molecule has 4 rings (SSSR count). The van der Waals surface area contributed by atoms with Crippen LogP contribution in [0.5, 0.6) is 5.75 Å².